The maximum absolute atomic E-state index is 11.7. The minimum Gasteiger partial charge on any atom is -0.387 e. The maximum atomic E-state index is 11.7. The van der Waals surface area contributed by atoms with Gasteiger partial charge in [0.2, 0.25) is 17.7 Å². The van der Waals surface area contributed by atoms with Gasteiger partial charge in [0.05, 0.1) is 6.10 Å². The van der Waals surface area contributed by atoms with Gasteiger partial charge in [-0.3, -0.25) is 19.3 Å². The summed E-state index contributed by atoms with van der Waals surface area (Å²) in [6.07, 6.45) is -0.260. The topological polar surface area (TPSA) is 86.7 Å². The van der Waals surface area contributed by atoms with E-state index in [-0.39, 0.29) is 50.1 Å². The minimum atomic E-state index is -0.773. The van der Waals surface area contributed by atoms with Crippen molar-refractivity contribution in [2.75, 3.05) is 13.1 Å². The molecule has 21 heavy (non-hydrogen) atoms. The number of carbonyl (C=O) groups excluding carboxylic acids is 3. The molecule has 0 saturated carbocycles. The molecule has 3 amide bonds. The first kappa shape index (κ1) is 15.2. The number of nitrogens with zero attached hydrogens (tertiary/aromatic N) is 1. The lowest BCUT2D eigenvalue weighted by Gasteiger charge is -2.15. The van der Waals surface area contributed by atoms with Gasteiger partial charge in [-0.1, -0.05) is 30.3 Å². The predicted molar refractivity (Wildman–Crippen MR) is 75.0 cm³/mol. The molecule has 112 valence electrons. The molecule has 1 heterocycles. The molecule has 0 aromatic heterocycles. The van der Waals surface area contributed by atoms with E-state index in [4.69, 9.17) is 0 Å². The summed E-state index contributed by atoms with van der Waals surface area (Å²) in [7, 11) is 0. The van der Waals surface area contributed by atoms with Gasteiger partial charge in [0.1, 0.15) is 0 Å². The second-order valence-electron chi connectivity index (χ2n) is 4.92. The Morgan fingerprint density at radius 3 is 2.43 bits per heavy atom. The summed E-state index contributed by atoms with van der Waals surface area (Å²) >= 11 is 0. The Morgan fingerprint density at radius 2 is 1.81 bits per heavy atom. The smallest absolute Gasteiger partial charge is 0.229 e. The van der Waals surface area contributed by atoms with Crippen LogP contribution in [-0.2, 0) is 14.4 Å². The van der Waals surface area contributed by atoms with Crippen LogP contribution in [0.15, 0.2) is 30.3 Å². The van der Waals surface area contributed by atoms with E-state index in [1.54, 1.807) is 12.1 Å². The molecule has 0 spiro atoms. The lowest BCUT2D eigenvalue weighted by molar-refractivity contribution is -0.138. The van der Waals surface area contributed by atoms with Gasteiger partial charge in [0.15, 0.2) is 0 Å². The van der Waals surface area contributed by atoms with E-state index in [9.17, 15) is 19.5 Å². The molecule has 1 saturated heterocycles. The van der Waals surface area contributed by atoms with Gasteiger partial charge in [-0.15, -0.1) is 0 Å². The third-order valence-electron chi connectivity index (χ3n) is 3.39. The molecule has 1 aromatic rings. The molecule has 1 unspecified atom stereocenters. The molecule has 6 heteroatoms. The zero-order chi connectivity index (χ0) is 15.2. The van der Waals surface area contributed by atoms with Crippen LogP contribution in [0.2, 0.25) is 0 Å². The van der Waals surface area contributed by atoms with Crippen LogP contribution in [0, 0.1) is 0 Å². The first-order chi connectivity index (χ1) is 10.1. The number of carbonyl (C=O) groups is 3. The highest BCUT2D eigenvalue weighted by Gasteiger charge is 2.28. The van der Waals surface area contributed by atoms with Gasteiger partial charge in [0.25, 0.3) is 0 Å². The second kappa shape index (κ2) is 6.99. The van der Waals surface area contributed by atoms with Crippen molar-refractivity contribution in [3.8, 4) is 0 Å². The third kappa shape index (κ3) is 4.13. The number of likely N-dealkylation sites (tertiary alicyclic amines) is 1. The van der Waals surface area contributed by atoms with Crippen molar-refractivity contribution in [3.05, 3.63) is 35.9 Å². The summed E-state index contributed by atoms with van der Waals surface area (Å²) < 4.78 is 0. The summed E-state index contributed by atoms with van der Waals surface area (Å²) in [4.78, 5) is 35.6. The Labute approximate surface area is 122 Å². The van der Waals surface area contributed by atoms with Crippen LogP contribution in [0.5, 0.6) is 0 Å². The van der Waals surface area contributed by atoms with Crippen LogP contribution in [0.25, 0.3) is 0 Å². The number of rotatable bonds is 6. The van der Waals surface area contributed by atoms with Crippen molar-refractivity contribution in [2.24, 2.45) is 0 Å². The predicted octanol–water partition coefficient (Wildman–Crippen LogP) is 0.375. The van der Waals surface area contributed by atoms with Gasteiger partial charge in [-0.2, -0.15) is 0 Å². The van der Waals surface area contributed by atoms with Crippen LogP contribution in [-0.4, -0.2) is 40.8 Å². The molecule has 2 N–H and O–H groups in total. The van der Waals surface area contributed by atoms with E-state index >= 15 is 0 Å². The molecule has 1 fully saturated rings. The number of aliphatic hydroxyl groups is 1. The van der Waals surface area contributed by atoms with Crippen molar-refractivity contribution < 1.29 is 19.5 Å². The first-order valence-corrected chi connectivity index (χ1v) is 6.91. The van der Waals surface area contributed by atoms with Gasteiger partial charge in [0, 0.05) is 32.4 Å². The standard InChI is InChI=1S/C15H18N2O4/c18-12(11-4-2-1-3-5-11)10-16-13(19)8-9-17-14(20)6-7-15(17)21/h1-5,12,18H,6-10H2,(H,16,19). The quantitative estimate of drug-likeness (QED) is 0.741. The molecule has 0 bridgehead atoms. The molecule has 2 rings (SSSR count). The maximum Gasteiger partial charge on any atom is 0.229 e. The molecule has 0 aliphatic carbocycles. The van der Waals surface area contributed by atoms with Crippen molar-refractivity contribution in [2.45, 2.75) is 25.4 Å². The number of aliphatic hydroxyl groups excluding tert-OH is 1. The second-order valence-corrected chi connectivity index (χ2v) is 4.92. The van der Waals surface area contributed by atoms with Crippen molar-refractivity contribution >= 4 is 17.7 Å². The molecule has 1 aliphatic rings. The Hall–Kier alpha value is -2.21. The van der Waals surface area contributed by atoms with E-state index in [1.165, 1.54) is 0 Å². The van der Waals surface area contributed by atoms with Gasteiger partial charge in [-0.05, 0) is 5.56 Å². The zero-order valence-electron chi connectivity index (χ0n) is 11.6. The first-order valence-electron chi connectivity index (χ1n) is 6.91. The van der Waals surface area contributed by atoms with E-state index in [2.05, 4.69) is 5.32 Å². The summed E-state index contributed by atoms with van der Waals surface area (Å²) in [5.74, 6) is -0.744. The fourth-order valence-electron chi connectivity index (χ4n) is 2.18. The molecule has 0 radical (unpaired) electrons. The van der Waals surface area contributed by atoms with Gasteiger partial charge >= 0.3 is 0 Å². The van der Waals surface area contributed by atoms with E-state index in [1.807, 2.05) is 18.2 Å². The van der Waals surface area contributed by atoms with Crippen LogP contribution in [0.1, 0.15) is 30.9 Å². The number of imide groups is 1. The highest BCUT2D eigenvalue weighted by molar-refractivity contribution is 6.02. The molecule has 6 nitrogen and oxygen atoms in total. The highest BCUT2D eigenvalue weighted by atomic mass is 16.3. The fraction of sp³-hybridized carbons (Fsp3) is 0.400. The van der Waals surface area contributed by atoms with Crippen molar-refractivity contribution in [3.63, 3.8) is 0 Å². The van der Waals surface area contributed by atoms with E-state index < -0.39 is 6.10 Å². The monoisotopic (exact) mass is 290 g/mol. The van der Waals surface area contributed by atoms with Crippen molar-refractivity contribution in [1.29, 1.82) is 0 Å². The summed E-state index contributed by atoms with van der Waals surface area (Å²) in [5, 5.41) is 12.5. The summed E-state index contributed by atoms with van der Waals surface area (Å²) in [6.45, 7) is 0.204. The highest BCUT2D eigenvalue weighted by Crippen LogP contribution is 2.12. The van der Waals surface area contributed by atoms with Crippen LogP contribution >= 0.6 is 0 Å². The van der Waals surface area contributed by atoms with Gasteiger partial charge in [-0.25, -0.2) is 0 Å². The van der Waals surface area contributed by atoms with Crippen LogP contribution in [0.4, 0.5) is 0 Å². The zero-order valence-corrected chi connectivity index (χ0v) is 11.6. The summed E-state index contributed by atoms with van der Waals surface area (Å²) in [5.41, 5.74) is 0.725. The molecule has 1 aromatic carbocycles. The molecule has 1 atom stereocenters. The van der Waals surface area contributed by atoms with Crippen LogP contribution in [0.3, 0.4) is 0 Å². The Bertz CT molecular complexity index is 514. The number of hydrogen-bond acceptors (Lipinski definition) is 4. The van der Waals surface area contributed by atoms with E-state index in [0.717, 1.165) is 10.5 Å². The number of nitrogens with one attached hydrogen (secondary N) is 1. The van der Waals surface area contributed by atoms with E-state index in [0.29, 0.717) is 0 Å². The van der Waals surface area contributed by atoms with Crippen LogP contribution < -0.4 is 5.32 Å². The average molecular weight is 290 g/mol. The Kier molecular flexibility index (Phi) is 5.05. The fourth-order valence-corrected chi connectivity index (χ4v) is 2.18. The lowest BCUT2D eigenvalue weighted by atomic mass is 10.1. The molecular weight excluding hydrogens is 272 g/mol. The Morgan fingerprint density at radius 1 is 1.19 bits per heavy atom. The average Bonchev–Trinajstić information content (AvgIpc) is 2.82. The van der Waals surface area contributed by atoms with Gasteiger partial charge < -0.3 is 10.4 Å². The molecule has 1 aliphatic heterocycles. The number of hydrogen-bond donors (Lipinski definition) is 2. The Balaban J connectivity index is 1.73. The number of benzene rings is 1. The normalized spacial score (nSPS) is 16.1. The number of amides is 3. The third-order valence-corrected chi connectivity index (χ3v) is 3.39. The molecular formula is C15H18N2O4. The SMILES string of the molecule is O=C(CCN1C(=O)CCC1=O)NCC(O)c1ccccc1. The lowest BCUT2D eigenvalue weighted by Crippen LogP contribution is -2.35. The minimum absolute atomic E-state index is 0.0546. The largest absolute Gasteiger partial charge is 0.387 e. The van der Waals surface area contributed by atoms with Crippen molar-refractivity contribution in [1.82, 2.24) is 10.2 Å². The summed E-state index contributed by atoms with van der Waals surface area (Å²) in [6, 6.07) is 9.02.